The molecule has 1 aromatic heterocycles. The molecule has 0 radical (unpaired) electrons. The number of rotatable bonds is 4. The summed E-state index contributed by atoms with van der Waals surface area (Å²) in [5, 5.41) is 20.9. The Balaban J connectivity index is 2.50. The fourth-order valence-electron chi connectivity index (χ4n) is 1.85. The molecular weight excluding hydrogens is 272 g/mol. The number of hydrogen-bond acceptors (Lipinski definition) is 7. The molecule has 3 N–H and O–H groups in total. The van der Waals surface area contributed by atoms with E-state index in [2.05, 4.69) is 9.89 Å². The molecule has 0 spiro atoms. The van der Waals surface area contributed by atoms with Gasteiger partial charge in [0.1, 0.15) is 5.69 Å². The van der Waals surface area contributed by atoms with Gasteiger partial charge in [-0.1, -0.05) is 35.5 Å². The van der Waals surface area contributed by atoms with Crippen LogP contribution in [0.25, 0.3) is 11.3 Å². The Kier molecular flexibility index (Phi) is 4.00. The van der Waals surface area contributed by atoms with Gasteiger partial charge in [-0.15, -0.1) is 0 Å². The number of esters is 1. The van der Waals surface area contributed by atoms with Crippen molar-refractivity contribution in [3.63, 3.8) is 0 Å². The van der Waals surface area contributed by atoms with Crippen LogP contribution in [-0.2, 0) is 9.53 Å². The highest BCUT2D eigenvalue weighted by Gasteiger charge is 2.31. The van der Waals surface area contributed by atoms with Gasteiger partial charge in [-0.3, -0.25) is 4.79 Å². The van der Waals surface area contributed by atoms with Crippen molar-refractivity contribution in [2.45, 2.75) is 0 Å². The van der Waals surface area contributed by atoms with Crippen LogP contribution in [0.5, 0.6) is 0 Å². The molecule has 1 atom stereocenters. The summed E-state index contributed by atoms with van der Waals surface area (Å²) in [4.78, 5) is 11.6. The van der Waals surface area contributed by atoms with E-state index in [0.717, 1.165) is 7.11 Å². The number of nitrogens with two attached hydrogens (primary N) is 1. The lowest BCUT2D eigenvalue weighted by molar-refractivity contribution is -0.141. The van der Waals surface area contributed by atoms with Gasteiger partial charge in [0.15, 0.2) is 5.92 Å². The number of anilines is 1. The van der Waals surface area contributed by atoms with Gasteiger partial charge in [-0.2, -0.15) is 5.26 Å². The molecule has 2 rings (SSSR count). The molecule has 0 fully saturated rings. The highest BCUT2D eigenvalue weighted by molar-refractivity contribution is 6.16. The molecule has 0 bridgehead atoms. The van der Waals surface area contributed by atoms with E-state index in [-0.39, 0.29) is 17.2 Å². The predicted octanol–water partition coefficient (Wildman–Crippen LogP) is 1.60. The summed E-state index contributed by atoms with van der Waals surface area (Å²) in [6.07, 6.45) is 0. The van der Waals surface area contributed by atoms with E-state index in [4.69, 9.17) is 20.9 Å². The van der Waals surface area contributed by atoms with Crippen molar-refractivity contribution in [2.24, 2.45) is 5.92 Å². The Morgan fingerprint density at radius 3 is 2.71 bits per heavy atom. The van der Waals surface area contributed by atoms with Crippen molar-refractivity contribution >= 4 is 17.6 Å². The van der Waals surface area contributed by atoms with Crippen LogP contribution in [0.1, 0.15) is 5.56 Å². The number of carbonyl (C=O) groups excluding carboxylic acids is 1. The summed E-state index contributed by atoms with van der Waals surface area (Å²) in [6, 6.07) is 10.6. The van der Waals surface area contributed by atoms with E-state index in [1.165, 1.54) is 0 Å². The molecule has 1 unspecified atom stereocenters. The molecule has 7 nitrogen and oxygen atoms in total. The number of nitrogens with zero attached hydrogens (tertiary/aromatic N) is 2. The molecule has 0 saturated heterocycles. The average Bonchev–Trinajstić information content (AvgIpc) is 2.90. The summed E-state index contributed by atoms with van der Waals surface area (Å²) in [6.45, 7) is 0. The first-order valence-electron chi connectivity index (χ1n) is 5.97. The number of methoxy groups -OCH3 is 1. The lowest BCUT2D eigenvalue weighted by Crippen LogP contribution is -2.24. The molecule has 0 aliphatic heterocycles. The van der Waals surface area contributed by atoms with E-state index in [9.17, 15) is 4.79 Å². The van der Waals surface area contributed by atoms with E-state index >= 15 is 0 Å². The fraction of sp³-hybridized carbons (Fsp3) is 0.143. The highest BCUT2D eigenvalue weighted by atomic mass is 16.5. The summed E-state index contributed by atoms with van der Waals surface area (Å²) in [5.41, 5.74) is 6.48. The number of ether oxygens (including phenoxy) is 1. The molecule has 1 heterocycles. The number of benzene rings is 1. The maximum absolute atomic E-state index is 11.6. The number of aromatic nitrogens is 1. The van der Waals surface area contributed by atoms with Gasteiger partial charge in [0, 0.05) is 5.56 Å². The molecule has 0 aliphatic carbocycles. The van der Waals surface area contributed by atoms with E-state index in [1.54, 1.807) is 30.3 Å². The molecule has 1 aromatic carbocycles. The van der Waals surface area contributed by atoms with Gasteiger partial charge >= 0.3 is 5.97 Å². The van der Waals surface area contributed by atoms with Crippen LogP contribution in [0.15, 0.2) is 34.9 Å². The number of nitrogens with one attached hydrogen (secondary N) is 1. The first-order chi connectivity index (χ1) is 10.1. The highest BCUT2D eigenvalue weighted by Crippen LogP contribution is 2.29. The quantitative estimate of drug-likeness (QED) is 0.648. The second-order valence-corrected chi connectivity index (χ2v) is 4.14. The Labute approximate surface area is 120 Å². The lowest BCUT2D eigenvalue weighted by Gasteiger charge is -2.09. The first kappa shape index (κ1) is 14.3. The summed E-state index contributed by atoms with van der Waals surface area (Å²) in [5.74, 6) is -2.34. The van der Waals surface area contributed by atoms with Crippen molar-refractivity contribution in [3.05, 3.63) is 35.9 Å². The normalized spacial score (nSPS) is 11.4. The number of nitriles is 1. The van der Waals surface area contributed by atoms with E-state index in [0.29, 0.717) is 11.3 Å². The largest absolute Gasteiger partial charge is 0.468 e. The van der Waals surface area contributed by atoms with Crippen LogP contribution in [0.2, 0.25) is 0 Å². The predicted molar refractivity (Wildman–Crippen MR) is 74.3 cm³/mol. The van der Waals surface area contributed by atoms with Crippen LogP contribution in [0, 0.1) is 22.7 Å². The molecule has 2 aromatic rings. The van der Waals surface area contributed by atoms with Crippen LogP contribution in [0.4, 0.5) is 5.88 Å². The van der Waals surface area contributed by atoms with E-state index in [1.807, 2.05) is 6.07 Å². The van der Waals surface area contributed by atoms with Crippen molar-refractivity contribution in [1.29, 1.82) is 10.7 Å². The van der Waals surface area contributed by atoms with E-state index < -0.39 is 11.9 Å². The summed E-state index contributed by atoms with van der Waals surface area (Å²) < 4.78 is 9.42. The number of hydrogen-bond donors (Lipinski definition) is 2. The topological polar surface area (TPSA) is 126 Å². The SMILES string of the molecule is COC(=O)C(C#N)C(=N)c1c(-c2ccccc2)noc1N. The third-order valence-corrected chi connectivity index (χ3v) is 2.89. The molecule has 21 heavy (non-hydrogen) atoms. The molecule has 0 amide bonds. The third kappa shape index (κ3) is 2.60. The zero-order valence-electron chi connectivity index (χ0n) is 11.2. The van der Waals surface area contributed by atoms with Gasteiger partial charge in [0.2, 0.25) is 5.88 Å². The van der Waals surface area contributed by atoms with Crippen LogP contribution in [0.3, 0.4) is 0 Å². The fourth-order valence-corrected chi connectivity index (χ4v) is 1.85. The van der Waals surface area contributed by atoms with Gasteiger partial charge in [-0.05, 0) is 0 Å². The van der Waals surface area contributed by atoms with Crippen LogP contribution in [-0.4, -0.2) is 23.9 Å². The number of nitrogen functional groups attached to an aromatic ring is 1. The second-order valence-electron chi connectivity index (χ2n) is 4.14. The Morgan fingerprint density at radius 1 is 1.48 bits per heavy atom. The minimum absolute atomic E-state index is 0.122. The zero-order chi connectivity index (χ0) is 15.4. The molecule has 0 saturated carbocycles. The second kappa shape index (κ2) is 5.88. The molecule has 7 heteroatoms. The van der Waals surface area contributed by atoms with Gasteiger partial charge in [0.25, 0.3) is 0 Å². The standard InChI is InChI=1S/C14H12N4O3/c1-20-14(19)9(7-15)11(16)10-12(18-21-13(10)17)8-5-3-2-4-6-8/h2-6,9,16H,17H2,1H3. The Hall–Kier alpha value is -3.14. The van der Waals surface area contributed by atoms with Crippen molar-refractivity contribution in [2.75, 3.05) is 12.8 Å². The first-order valence-corrected chi connectivity index (χ1v) is 5.97. The summed E-state index contributed by atoms with van der Waals surface area (Å²) >= 11 is 0. The van der Waals surface area contributed by atoms with Gasteiger partial charge in [0.05, 0.1) is 24.5 Å². The zero-order valence-corrected chi connectivity index (χ0v) is 11.2. The van der Waals surface area contributed by atoms with Gasteiger partial charge in [-0.25, -0.2) is 0 Å². The Bertz CT molecular complexity index is 716. The van der Waals surface area contributed by atoms with Crippen LogP contribution < -0.4 is 5.73 Å². The van der Waals surface area contributed by atoms with Crippen molar-refractivity contribution in [3.8, 4) is 17.3 Å². The van der Waals surface area contributed by atoms with Gasteiger partial charge < -0.3 is 20.4 Å². The lowest BCUT2D eigenvalue weighted by atomic mass is 9.95. The monoisotopic (exact) mass is 284 g/mol. The minimum Gasteiger partial charge on any atom is -0.468 e. The van der Waals surface area contributed by atoms with Crippen molar-refractivity contribution < 1.29 is 14.1 Å². The Morgan fingerprint density at radius 2 is 2.14 bits per heavy atom. The van der Waals surface area contributed by atoms with Crippen molar-refractivity contribution in [1.82, 2.24) is 5.16 Å². The average molecular weight is 284 g/mol. The molecule has 0 aliphatic rings. The maximum atomic E-state index is 11.6. The summed E-state index contributed by atoms with van der Waals surface area (Å²) in [7, 11) is 1.15. The molecule has 106 valence electrons. The van der Waals surface area contributed by atoms with Crippen LogP contribution >= 0.6 is 0 Å². The minimum atomic E-state index is -1.39. The molecular formula is C14H12N4O3. The maximum Gasteiger partial charge on any atom is 0.329 e. The third-order valence-electron chi connectivity index (χ3n) is 2.89. The smallest absolute Gasteiger partial charge is 0.329 e. The number of carbonyl (C=O) groups is 1.